The van der Waals surface area contributed by atoms with Crippen LogP contribution in [0.1, 0.15) is 31.9 Å². The molecular weight excluding hydrogens is 180 g/mol. The van der Waals surface area contributed by atoms with E-state index in [2.05, 4.69) is 10.2 Å². The van der Waals surface area contributed by atoms with E-state index >= 15 is 0 Å². The minimum Gasteiger partial charge on any atom is -0.382 e. The smallest absolute Gasteiger partial charge is 0.164 e. The van der Waals surface area contributed by atoms with Crippen molar-refractivity contribution in [3.8, 4) is 0 Å². The highest BCUT2D eigenvalue weighted by atomic mass is 16.3. The standard InChI is InChI=1S/C9H16N4O/c1-9(2,14)8-12-11-7-4-3-6(10)5-13(7)8/h6,14H,3-5,10H2,1-2H3. The number of hydrogen-bond donors (Lipinski definition) is 2. The second-order valence-corrected chi connectivity index (χ2v) is 4.41. The lowest BCUT2D eigenvalue weighted by atomic mass is 10.1. The van der Waals surface area contributed by atoms with Crippen LogP contribution in [-0.4, -0.2) is 25.9 Å². The summed E-state index contributed by atoms with van der Waals surface area (Å²) in [5.41, 5.74) is 4.92. The molecule has 1 aliphatic rings. The van der Waals surface area contributed by atoms with Crippen molar-refractivity contribution in [1.82, 2.24) is 14.8 Å². The molecular formula is C9H16N4O. The third-order valence-electron chi connectivity index (χ3n) is 2.53. The van der Waals surface area contributed by atoms with Crippen molar-refractivity contribution in [3.63, 3.8) is 0 Å². The van der Waals surface area contributed by atoms with E-state index in [4.69, 9.17) is 5.73 Å². The van der Waals surface area contributed by atoms with Crippen LogP contribution in [0.2, 0.25) is 0 Å². The summed E-state index contributed by atoms with van der Waals surface area (Å²) in [7, 11) is 0. The van der Waals surface area contributed by atoms with Gasteiger partial charge in [0.2, 0.25) is 0 Å². The molecule has 1 aromatic rings. The van der Waals surface area contributed by atoms with Gasteiger partial charge in [-0.25, -0.2) is 0 Å². The lowest BCUT2D eigenvalue weighted by molar-refractivity contribution is 0.0632. The van der Waals surface area contributed by atoms with Gasteiger partial charge in [-0.2, -0.15) is 0 Å². The molecule has 0 aliphatic carbocycles. The maximum Gasteiger partial charge on any atom is 0.164 e. The van der Waals surface area contributed by atoms with Crippen LogP contribution in [0.5, 0.6) is 0 Å². The first-order chi connectivity index (χ1) is 6.48. The van der Waals surface area contributed by atoms with Crippen molar-refractivity contribution < 1.29 is 5.11 Å². The van der Waals surface area contributed by atoms with E-state index in [0.717, 1.165) is 18.7 Å². The van der Waals surface area contributed by atoms with E-state index in [0.29, 0.717) is 12.4 Å². The zero-order valence-corrected chi connectivity index (χ0v) is 8.56. The fourth-order valence-corrected chi connectivity index (χ4v) is 1.81. The van der Waals surface area contributed by atoms with Gasteiger partial charge < -0.3 is 15.4 Å². The van der Waals surface area contributed by atoms with Crippen molar-refractivity contribution in [2.45, 2.75) is 44.9 Å². The van der Waals surface area contributed by atoms with Gasteiger partial charge in [0.25, 0.3) is 0 Å². The first kappa shape index (κ1) is 9.61. The fourth-order valence-electron chi connectivity index (χ4n) is 1.81. The zero-order valence-electron chi connectivity index (χ0n) is 8.56. The van der Waals surface area contributed by atoms with Gasteiger partial charge >= 0.3 is 0 Å². The van der Waals surface area contributed by atoms with Gasteiger partial charge in [0, 0.05) is 19.0 Å². The van der Waals surface area contributed by atoms with Crippen LogP contribution >= 0.6 is 0 Å². The maximum absolute atomic E-state index is 9.86. The molecule has 0 saturated heterocycles. The maximum atomic E-state index is 9.86. The number of rotatable bonds is 1. The highest BCUT2D eigenvalue weighted by molar-refractivity contribution is 5.06. The van der Waals surface area contributed by atoms with Crippen molar-refractivity contribution in [2.75, 3.05) is 0 Å². The van der Waals surface area contributed by atoms with E-state index in [9.17, 15) is 5.11 Å². The molecule has 0 fully saturated rings. The predicted octanol–water partition coefficient (Wildman–Crippen LogP) is -0.221. The van der Waals surface area contributed by atoms with E-state index in [1.54, 1.807) is 13.8 Å². The Labute approximate surface area is 82.9 Å². The van der Waals surface area contributed by atoms with E-state index in [1.807, 2.05) is 4.57 Å². The number of fused-ring (bicyclic) bond motifs is 1. The van der Waals surface area contributed by atoms with Gasteiger partial charge in [0.15, 0.2) is 5.82 Å². The summed E-state index contributed by atoms with van der Waals surface area (Å²) in [5.74, 6) is 1.55. The van der Waals surface area contributed by atoms with Crippen LogP contribution in [0.4, 0.5) is 0 Å². The van der Waals surface area contributed by atoms with Gasteiger partial charge in [0.05, 0.1) is 0 Å². The Kier molecular flexibility index (Phi) is 2.08. The Morgan fingerprint density at radius 2 is 2.21 bits per heavy atom. The topological polar surface area (TPSA) is 77.0 Å². The molecule has 3 N–H and O–H groups in total. The average molecular weight is 196 g/mol. The van der Waals surface area contributed by atoms with Crippen molar-refractivity contribution in [1.29, 1.82) is 0 Å². The highest BCUT2D eigenvalue weighted by Crippen LogP contribution is 2.22. The monoisotopic (exact) mass is 196 g/mol. The Hall–Kier alpha value is -0.940. The molecule has 14 heavy (non-hydrogen) atoms. The Bertz CT molecular complexity index is 339. The van der Waals surface area contributed by atoms with E-state index in [-0.39, 0.29) is 6.04 Å². The van der Waals surface area contributed by atoms with Gasteiger partial charge in [0.1, 0.15) is 11.4 Å². The highest BCUT2D eigenvalue weighted by Gasteiger charge is 2.28. The van der Waals surface area contributed by atoms with Crippen molar-refractivity contribution in [3.05, 3.63) is 11.6 Å². The second-order valence-electron chi connectivity index (χ2n) is 4.41. The minimum absolute atomic E-state index is 0.152. The summed E-state index contributed by atoms with van der Waals surface area (Å²) in [5, 5.41) is 17.9. The molecule has 0 bridgehead atoms. The van der Waals surface area contributed by atoms with Crippen molar-refractivity contribution in [2.24, 2.45) is 5.73 Å². The summed E-state index contributed by atoms with van der Waals surface area (Å²) >= 11 is 0. The second kappa shape index (κ2) is 3.03. The molecule has 0 radical (unpaired) electrons. The van der Waals surface area contributed by atoms with Crippen LogP contribution < -0.4 is 5.73 Å². The van der Waals surface area contributed by atoms with Gasteiger partial charge in [-0.3, -0.25) is 0 Å². The quantitative estimate of drug-likeness (QED) is 0.651. The number of aryl methyl sites for hydroxylation is 1. The minimum atomic E-state index is -0.942. The zero-order chi connectivity index (χ0) is 10.3. The number of aliphatic hydroxyl groups is 1. The van der Waals surface area contributed by atoms with Crippen LogP contribution in [0.3, 0.4) is 0 Å². The summed E-state index contributed by atoms with van der Waals surface area (Å²) in [6.07, 6.45) is 1.80. The van der Waals surface area contributed by atoms with E-state index < -0.39 is 5.60 Å². The third-order valence-corrected chi connectivity index (χ3v) is 2.53. The Morgan fingerprint density at radius 3 is 2.86 bits per heavy atom. The molecule has 0 amide bonds. The Morgan fingerprint density at radius 1 is 1.50 bits per heavy atom. The van der Waals surface area contributed by atoms with Gasteiger partial charge in [-0.15, -0.1) is 10.2 Å². The van der Waals surface area contributed by atoms with Crippen molar-refractivity contribution >= 4 is 0 Å². The molecule has 2 rings (SSSR count). The van der Waals surface area contributed by atoms with E-state index in [1.165, 1.54) is 0 Å². The van der Waals surface area contributed by atoms with Crippen LogP contribution in [0.25, 0.3) is 0 Å². The summed E-state index contributed by atoms with van der Waals surface area (Å²) in [6.45, 7) is 4.14. The molecule has 1 aromatic heterocycles. The molecule has 0 spiro atoms. The predicted molar refractivity (Wildman–Crippen MR) is 51.6 cm³/mol. The third kappa shape index (κ3) is 1.53. The molecule has 2 heterocycles. The fraction of sp³-hybridized carbons (Fsp3) is 0.778. The van der Waals surface area contributed by atoms with Crippen LogP contribution in [0, 0.1) is 0 Å². The molecule has 0 aromatic carbocycles. The molecule has 5 heteroatoms. The summed E-state index contributed by atoms with van der Waals surface area (Å²) in [4.78, 5) is 0. The first-order valence-electron chi connectivity index (χ1n) is 4.89. The average Bonchev–Trinajstić information content (AvgIpc) is 2.45. The SMILES string of the molecule is CC(C)(O)c1nnc2n1CC(N)CC2. The molecule has 5 nitrogen and oxygen atoms in total. The lowest BCUT2D eigenvalue weighted by Crippen LogP contribution is -2.35. The van der Waals surface area contributed by atoms with Crippen LogP contribution in [-0.2, 0) is 18.6 Å². The molecule has 1 atom stereocenters. The first-order valence-corrected chi connectivity index (χ1v) is 4.89. The Balaban J connectivity index is 2.41. The summed E-state index contributed by atoms with van der Waals surface area (Å²) < 4.78 is 1.94. The molecule has 1 aliphatic heterocycles. The molecule has 78 valence electrons. The number of nitrogens with zero attached hydrogens (tertiary/aromatic N) is 3. The number of nitrogens with two attached hydrogens (primary N) is 1. The number of hydrogen-bond acceptors (Lipinski definition) is 4. The lowest BCUT2D eigenvalue weighted by Gasteiger charge is -2.24. The normalized spacial score (nSPS) is 22.1. The summed E-state index contributed by atoms with van der Waals surface area (Å²) in [6, 6.07) is 0.152. The van der Waals surface area contributed by atoms with Crippen LogP contribution in [0.15, 0.2) is 0 Å². The van der Waals surface area contributed by atoms with Gasteiger partial charge in [-0.1, -0.05) is 0 Å². The molecule has 1 unspecified atom stereocenters. The van der Waals surface area contributed by atoms with Gasteiger partial charge in [-0.05, 0) is 20.3 Å². The number of aromatic nitrogens is 3. The molecule has 0 saturated carbocycles. The largest absolute Gasteiger partial charge is 0.382 e.